The Morgan fingerprint density at radius 1 is 1.27 bits per heavy atom. The van der Waals surface area contributed by atoms with Crippen LogP contribution in [0.3, 0.4) is 0 Å². The number of likely N-dealkylation sites (tertiary alicyclic amines) is 1. The molecule has 2 aliphatic rings. The first-order chi connectivity index (χ1) is 12.5. The van der Waals surface area contributed by atoms with Gasteiger partial charge in [0.15, 0.2) is 0 Å². The zero-order chi connectivity index (χ0) is 18.7. The Morgan fingerprint density at radius 3 is 2.50 bits per heavy atom. The van der Waals surface area contributed by atoms with E-state index in [-0.39, 0.29) is 12.1 Å². The molecule has 0 aromatic carbocycles. The molecular weight excluding hydrogens is 326 g/mol. The number of amides is 2. The number of hydrogen-bond acceptors (Lipinski definition) is 3. The number of aromatic amines is 1. The van der Waals surface area contributed by atoms with Crippen molar-refractivity contribution in [2.24, 2.45) is 5.92 Å². The lowest BCUT2D eigenvalue weighted by atomic mass is 9.95. The van der Waals surface area contributed by atoms with Crippen molar-refractivity contribution < 1.29 is 4.79 Å². The number of carbonyl (C=O) groups excluding carboxylic acids is 1. The van der Waals surface area contributed by atoms with E-state index in [0.29, 0.717) is 5.92 Å². The molecule has 0 spiro atoms. The third-order valence-electron chi connectivity index (χ3n) is 6.54. The predicted octanol–water partition coefficient (Wildman–Crippen LogP) is 3.38. The molecule has 1 aromatic heterocycles. The molecule has 1 aliphatic carbocycles. The van der Waals surface area contributed by atoms with Gasteiger partial charge in [-0.15, -0.1) is 0 Å². The maximum Gasteiger partial charge on any atom is 0.317 e. The van der Waals surface area contributed by atoms with Crippen molar-refractivity contribution in [3.05, 3.63) is 17.0 Å². The number of hydrogen-bond donors (Lipinski definition) is 2. The van der Waals surface area contributed by atoms with E-state index in [0.717, 1.165) is 29.5 Å². The van der Waals surface area contributed by atoms with Gasteiger partial charge < -0.3 is 15.1 Å². The van der Waals surface area contributed by atoms with Crippen molar-refractivity contribution in [2.75, 3.05) is 26.7 Å². The van der Waals surface area contributed by atoms with Crippen LogP contribution < -0.4 is 5.32 Å². The summed E-state index contributed by atoms with van der Waals surface area (Å²) in [5.74, 6) is 0.609. The van der Waals surface area contributed by atoms with E-state index in [1.165, 1.54) is 51.6 Å². The van der Waals surface area contributed by atoms with E-state index < -0.39 is 0 Å². The molecular formula is C20H35N5O. The number of carbonyl (C=O) groups is 1. The molecule has 3 rings (SSSR count). The van der Waals surface area contributed by atoms with Crippen molar-refractivity contribution in [2.45, 2.75) is 71.4 Å². The number of H-pyrrole nitrogens is 1. The van der Waals surface area contributed by atoms with Gasteiger partial charge >= 0.3 is 6.03 Å². The summed E-state index contributed by atoms with van der Waals surface area (Å²) in [6.45, 7) is 9.24. The molecule has 0 radical (unpaired) electrons. The van der Waals surface area contributed by atoms with Crippen LogP contribution in [0.2, 0.25) is 0 Å². The normalized spacial score (nSPS) is 21.1. The second-order valence-corrected chi connectivity index (χ2v) is 8.24. The molecule has 6 heteroatoms. The summed E-state index contributed by atoms with van der Waals surface area (Å²) in [6, 6.07) is 0.854. The molecule has 2 N–H and O–H groups in total. The van der Waals surface area contributed by atoms with Crippen LogP contribution in [0.4, 0.5) is 4.79 Å². The SMILES string of the molecule is Cc1n[nH]c(C)c1[C@H](C)N(C)C(=O)NCC1CCN(C2CCCC2)CC1. The Morgan fingerprint density at radius 2 is 1.92 bits per heavy atom. The van der Waals surface area contributed by atoms with E-state index in [2.05, 4.69) is 27.3 Å². The van der Waals surface area contributed by atoms with Crippen LogP contribution in [0.15, 0.2) is 0 Å². The first-order valence-electron chi connectivity index (χ1n) is 10.2. The van der Waals surface area contributed by atoms with Gasteiger partial charge in [-0.3, -0.25) is 5.10 Å². The summed E-state index contributed by atoms with van der Waals surface area (Å²) in [5, 5.41) is 10.4. The average molecular weight is 362 g/mol. The monoisotopic (exact) mass is 361 g/mol. The van der Waals surface area contributed by atoms with Crippen molar-refractivity contribution in [1.29, 1.82) is 0 Å². The molecule has 1 saturated carbocycles. The Bertz CT molecular complexity index is 580. The van der Waals surface area contributed by atoms with Crippen LogP contribution in [0, 0.1) is 19.8 Å². The lowest BCUT2D eigenvalue weighted by molar-refractivity contribution is 0.132. The Labute approximate surface area is 157 Å². The highest BCUT2D eigenvalue weighted by Gasteiger charge is 2.28. The first kappa shape index (κ1) is 19.2. The quantitative estimate of drug-likeness (QED) is 0.845. The van der Waals surface area contributed by atoms with Gasteiger partial charge in [0, 0.05) is 30.9 Å². The Balaban J connectivity index is 1.44. The maximum absolute atomic E-state index is 12.6. The van der Waals surface area contributed by atoms with E-state index in [1.54, 1.807) is 4.90 Å². The van der Waals surface area contributed by atoms with Crippen LogP contribution in [0.5, 0.6) is 0 Å². The summed E-state index contributed by atoms with van der Waals surface area (Å²) in [4.78, 5) is 17.1. The van der Waals surface area contributed by atoms with E-state index in [1.807, 2.05) is 20.9 Å². The van der Waals surface area contributed by atoms with Gasteiger partial charge in [-0.1, -0.05) is 12.8 Å². The second kappa shape index (κ2) is 8.42. The van der Waals surface area contributed by atoms with E-state index in [9.17, 15) is 4.79 Å². The van der Waals surface area contributed by atoms with E-state index in [4.69, 9.17) is 0 Å². The molecule has 2 fully saturated rings. The molecule has 0 bridgehead atoms. The smallest absolute Gasteiger partial charge is 0.317 e. The summed E-state index contributed by atoms with van der Waals surface area (Å²) >= 11 is 0. The number of aromatic nitrogens is 2. The molecule has 1 atom stereocenters. The van der Waals surface area contributed by atoms with Gasteiger partial charge in [0.1, 0.15) is 0 Å². The number of rotatable bonds is 5. The summed E-state index contributed by atoms with van der Waals surface area (Å²) in [7, 11) is 1.87. The highest BCUT2D eigenvalue weighted by molar-refractivity contribution is 5.74. The van der Waals surface area contributed by atoms with Gasteiger partial charge in [0.2, 0.25) is 0 Å². The first-order valence-corrected chi connectivity index (χ1v) is 10.2. The fourth-order valence-electron chi connectivity index (χ4n) is 4.69. The molecule has 2 amide bonds. The largest absolute Gasteiger partial charge is 0.338 e. The van der Waals surface area contributed by atoms with Gasteiger partial charge in [-0.25, -0.2) is 4.79 Å². The topological polar surface area (TPSA) is 64.3 Å². The zero-order valence-corrected chi connectivity index (χ0v) is 16.8. The fourth-order valence-corrected chi connectivity index (χ4v) is 4.69. The fraction of sp³-hybridized carbons (Fsp3) is 0.800. The third-order valence-corrected chi connectivity index (χ3v) is 6.54. The van der Waals surface area contributed by atoms with Crippen LogP contribution in [0.25, 0.3) is 0 Å². The summed E-state index contributed by atoms with van der Waals surface area (Å²) in [6.07, 6.45) is 7.99. The number of piperidine rings is 1. The minimum absolute atomic E-state index is 0.00993. The lowest BCUT2D eigenvalue weighted by Crippen LogP contribution is -2.45. The maximum atomic E-state index is 12.6. The van der Waals surface area contributed by atoms with Crippen molar-refractivity contribution in [3.63, 3.8) is 0 Å². The minimum atomic E-state index is 0.00993. The molecule has 1 aromatic rings. The lowest BCUT2D eigenvalue weighted by Gasteiger charge is -2.36. The molecule has 2 heterocycles. The van der Waals surface area contributed by atoms with Crippen molar-refractivity contribution >= 4 is 6.03 Å². The standard InChI is InChI=1S/C20H35N5O/c1-14-19(15(2)23-22-14)16(3)24(4)20(26)21-13-17-9-11-25(12-10-17)18-7-5-6-8-18/h16-18H,5-13H2,1-4H3,(H,21,26)(H,22,23)/t16-/m0/s1. The minimum Gasteiger partial charge on any atom is -0.338 e. The second-order valence-electron chi connectivity index (χ2n) is 8.24. The molecule has 0 unspecified atom stereocenters. The van der Waals surface area contributed by atoms with Gasteiger partial charge in [-0.2, -0.15) is 5.10 Å². The number of aryl methyl sites for hydroxylation is 2. The number of nitrogens with one attached hydrogen (secondary N) is 2. The summed E-state index contributed by atoms with van der Waals surface area (Å²) in [5.41, 5.74) is 3.12. The highest BCUT2D eigenvalue weighted by atomic mass is 16.2. The summed E-state index contributed by atoms with van der Waals surface area (Å²) < 4.78 is 0. The molecule has 1 saturated heterocycles. The van der Waals surface area contributed by atoms with E-state index >= 15 is 0 Å². The Hall–Kier alpha value is -1.56. The van der Waals surface area contributed by atoms with Gasteiger partial charge in [-0.05, 0) is 65.5 Å². The van der Waals surface area contributed by atoms with Crippen molar-refractivity contribution in [3.8, 4) is 0 Å². The predicted molar refractivity (Wildman–Crippen MR) is 104 cm³/mol. The van der Waals surface area contributed by atoms with Crippen LogP contribution in [-0.4, -0.2) is 58.8 Å². The third kappa shape index (κ3) is 4.22. The zero-order valence-electron chi connectivity index (χ0n) is 16.8. The van der Waals surface area contributed by atoms with Crippen molar-refractivity contribution in [1.82, 2.24) is 25.3 Å². The van der Waals surface area contributed by atoms with Crippen LogP contribution in [0.1, 0.15) is 68.4 Å². The van der Waals surface area contributed by atoms with Crippen LogP contribution >= 0.6 is 0 Å². The molecule has 26 heavy (non-hydrogen) atoms. The number of nitrogens with zero attached hydrogens (tertiary/aromatic N) is 3. The van der Waals surface area contributed by atoms with Crippen LogP contribution in [-0.2, 0) is 0 Å². The Kier molecular flexibility index (Phi) is 6.22. The number of urea groups is 1. The molecule has 146 valence electrons. The molecule has 6 nitrogen and oxygen atoms in total. The highest BCUT2D eigenvalue weighted by Crippen LogP contribution is 2.28. The van der Waals surface area contributed by atoms with Gasteiger partial charge in [0.05, 0.1) is 11.7 Å². The van der Waals surface area contributed by atoms with Gasteiger partial charge in [0.25, 0.3) is 0 Å². The molecule has 1 aliphatic heterocycles. The average Bonchev–Trinajstić information content (AvgIpc) is 3.29.